The maximum atomic E-state index is 5.96. The third-order valence-corrected chi connectivity index (χ3v) is 7.29. The minimum Gasteiger partial charge on any atom is -0.491 e. The van der Waals surface area contributed by atoms with E-state index in [4.69, 9.17) is 18.9 Å². The van der Waals surface area contributed by atoms with Crippen molar-refractivity contribution in [2.24, 2.45) is 0 Å². The lowest BCUT2D eigenvalue weighted by atomic mass is 9.68. The van der Waals surface area contributed by atoms with Crippen LogP contribution in [0.2, 0.25) is 0 Å². The topological polar surface area (TPSA) is 40.2 Å². The third kappa shape index (κ3) is 3.44. The summed E-state index contributed by atoms with van der Waals surface area (Å²) in [5.41, 5.74) is 7.11. The Kier molecular flexibility index (Phi) is 4.90. The van der Waals surface area contributed by atoms with Gasteiger partial charge in [0.05, 0.1) is 18.6 Å². The molecule has 7 rings (SSSR count). The average molecular weight is 463 g/mol. The first kappa shape index (κ1) is 20.7. The summed E-state index contributed by atoms with van der Waals surface area (Å²) in [7, 11) is 0. The summed E-state index contributed by atoms with van der Waals surface area (Å²) in [4.78, 5) is 0. The van der Waals surface area contributed by atoms with Crippen LogP contribution in [0.5, 0.6) is 11.5 Å². The van der Waals surface area contributed by atoms with Crippen molar-refractivity contribution in [1.82, 2.24) is 0 Å². The number of fused-ring (bicyclic) bond motifs is 3. The van der Waals surface area contributed by atoms with E-state index in [1.807, 2.05) is 0 Å². The predicted octanol–water partition coefficient (Wildman–Crippen LogP) is 5.95. The van der Waals surface area contributed by atoms with E-state index >= 15 is 0 Å². The van der Waals surface area contributed by atoms with Crippen molar-refractivity contribution in [3.05, 3.63) is 119 Å². The lowest BCUT2D eigenvalue weighted by molar-refractivity contribution is -0.165. The van der Waals surface area contributed by atoms with E-state index in [2.05, 4.69) is 97.1 Å². The first-order chi connectivity index (χ1) is 17.3. The van der Waals surface area contributed by atoms with Gasteiger partial charge in [0.15, 0.2) is 0 Å². The van der Waals surface area contributed by atoms with Gasteiger partial charge in [0.1, 0.15) is 24.2 Å². The fourth-order valence-corrected chi connectivity index (χ4v) is 5.42. The molecule has 2 fully saturated rings. The second kappa shape index (κ2) is 8.26. The molecular weight excluding hydrogens is 436 g/mol. The van der Waals surface area contributed by atoms with Gasteiger partial charge in [-0.15, -0.1) is 0 Å². The Morgan fingerprint density at radius 1 is 0.686 bits per heavy atom. The first-order valence-electron chi connectivity index (χ1n) is 12.3. The highest BCUT2D eigenvalue weighted by atomic mass is 16.7. The SMILES string of the molecule is c1ccc2c(c1)-c1ccccc1C2(c1ccc(OCC2CO2)cc1)c1ccc(OC2CCO2)cc1. The number of rotatable bonds is 7. The number of ether oxygens (including phenoxy) is 4. The Labute approximate surface area is 205 Å². The lowest BCUT2D eigenvalue weighted by Gasteiger charge is -2.34. The summed E-state index contributed by atoms with van der Waals surface area (Å²) in [6.45, 7) is 2.16. The zero-order valence-electron chi connectivity index (χ0n) is 19.4. The molecule has 0 aromatic heterocycles. The molecule has 4 aromatic rings. The van der Waals surface area contributed by atoms with Crippen LogP contribution in [0.1, 0.15) is 28.7 Å². The summed E-state index contributed by atoms with van der Waals surface area (Å²) >= 11 is 0. The standard InChI is InChI=1S/C31H26O4/c1-3-7-28-26(5-1)27-6-2-4-8-29(27)31(28,21-9-13-23(14-10-21)33-19-25-20-34-25)22-11-15-24(16-12-22)35-30-17-18-32-30/h1-16,25,30H,17-20H2. The predicted molar refractivity (Wildman–Crippen MR) is 134 cm³/mol. The Balaban J connectivity index is 1.37. The van der Waals surface area contributed by atoms with Crippen LogP contribution in [0.25, 0.3) is 11.1 Å². The fourth-order valence-electron chi connectivity index (χ4n) is 5.42. The summed E-state index contributed by atoms with van der Waals surface area (Å²) < 4.78 is 22.6. The van der Waals surface area contributed by atoms with Crippen molar-refractivity contribution in [3.8, 4) is 22.6 Å². The molecular formula is C31H26O4. The molecule has 2 aliphatic heterocycles. The molecule has 35 heavy (non-hydrogen) atoms. The van der Waals surface area contributed by atoms with Crippen LogP contribution in [0, 0.1) is 0 Å². The van der Waals surface area contributed by atoms with E-state index in [0.29, 0.717) is 6.61 Å². The van der Waals surface area contributed by atoms with Gasteiger partial charge in [0.2, 0.25) is 6.29 Å². The van der Waals surface area contributed by atoms with E-state index in [0.717, 1.165) is 31.1 Å². The van der Waals surface area contributed by atoms with Crippen LogP contribution >= 0.6 is 0 Å². The van der Waals surface area contributed by atoms with Crippen LogP contribution in [0.3, 0.4) is 0 Å². The van der Waals surface area contributed by atoms with E-state index in [1.165, 1.54) is 33.4 Å². The van der Waals surface area contributed by atoms with E-state index in [1.54, 1.807) is 0 Å². The molecule has 0 radical (unpaired) electrons. The van der Waals surface area contributed by atoms with Gasteiger partial charge >= 0.3 is 0 Å². The third-order valence-electron chi connectivity index (χ3n) is 7.29. The maximum absolute atomic E-state index is 5.96. The van der Waals surface area contributed by atoms with Gasteiger partial charge < -0.3 is 18.9 Å². The summed E-state index contributed by atoms with van der Waals surface area (Å²) in [6.07, 6.45) is 1.05. The van der Waals surface area contributed by atoms with Crippen molar-refractivity contribution in [3.63, 3.8) is 0 Å². The van der Waals surface area contributed by atoms with Gasteiger partial charge in [0, 0.05) is 6.42 Å². The quantitative estimate of drug-likeness (QED) is 0.280. The van der Waals surface area contributed by atoms with E-state index in [-0.39, 0.29) is 12.4 Å². The van der Waals surface area contributed by atoms with Gasteiger partial charge in [-0.1, -0.05) is 72.8 Å². The minimum atomic E-state index is -0.434. The smallest absolute Gasteiger partial charge is 0.202 e. The largest absolute Gasteiger partial charge is 0.491 e. The van der Waals surface area contributed by atoms with Crippen molar-refractivity contribution in [2.75, 3.05) is 19.8 Å². The van der Waals surface area contributed by atoms with Crippen molar-refractivity contribution >= 4 is 0 Å². The Hall–Kier alpha value is -3.60. The molecule has 4 nitrogen and oxygen atoms in total. The minimum absolute atomic E-state index is 0.128. The molecule has 0 spiro atoms. The fraction of sp³-hybridized carbons (Fsp3) is 0.226. The normalized spacial score (nSPS) is 20.9. The van der Waals surface area contributed by atoms with Crippen molar-refractivity contribution in [2.45, 2.75) is 24.2 Å². The number of hydrogen-bond acceptors (Lipinski definition) is 4. The van der Waals surface area contributed by atoms with E-state index in [9.17, 15) is 0 Å². The highest BCUT2D eigenvalue weighted by Gasteiger charge is 2.45. The molecule has 2 saturated heterocycles. The Bertz CT molecular complexity index is 1310. The molecule has 0 N–H and O–H groups in total. The molecule has 2 heterocycles. The average Bonchev–Trinajstić information content (AvgIpc) is 3.67. The molecule has 0 amide bonds. The highest BCUT2D eigenvalue weighted by Crippen LogP contribution is 2.56. The molecule has 4 aromatic carbocycles. The molecule has 1 aliphatic carbocycles. The molecule has 0 saturated carbocycles. The van der Waals surface area contributed by atoms with E-state index < -0.39 is 5.41 Å². The molecule has 174 valence electrons. The molecule has 4 heteroatoms. The Morgan fingerprint density at radius 2 is 1.23 bits per heavy atom. The van der Waals surface area contributed by atoms with Crippen LogP contribution in [0.4, 0.5) is 0 Å². The number of hydrogen-bond donors (Lipinski definition) is 0. The van der Waals surface area contributed by atoms with Gasteiger partial charge in [-0.3, -0.25) is 0 Å². The molecule has 0 bridgehead atoms. The van der Waals surface area contributed by atoms with Gasteiger partial charge in [-0.25, -0.2) is 0 Å². The molecule has 3 aliphatic rings. The van der Waals surface area contributed by atoms with Crippen molar-refractivity contribution in [1.29, 1.82) is 0 Å². The van der Waals surface area contributed by atoms with Crippen molar-refractivity contribution < 1.29 is 18.9 Å². The number of benzene rings is 4. The second-order valence-electron chi connectivity index (χ2n) is 9.36. The van der Waals surface area contributed by atoms with Gasteiger partial charge in [-0.05, 0) is 57.6 Å². The summed E-state index contributed by atoms with van der Waals surface area (Å²) in [5, 5.41) is 0. The first-order valence-corrected chi connectivity index (χ1v) is 12.3. The van der Waals surface area contributed by atoms with Gasteiger partial charge in [-0.2, -0.15) is 0 Å². The summed E-state index contributed by atoms with van der Waals surface area (Å²) in [5.74, 6) is 1.70. The molecule has 2 atom stereocenters. The van der Waals surface area contributed by atoms with Gasteiger partial charge in [0.25, 0.3) is 0 Å². The maximum Gasteiger partial charge on any atom is 0.202 e. The zero-order valence-corrected chi connectivity index (χ0v) is 19.4. The van der Waals surface area contributed by atoms with Crippen LogP contribution in [0.15, 0.2) is 97.1 Å². The zero-order chi connectivity index (χ0) is 23.2. The van der Waals surface area contributed by atoms with Crippen LogP contribution in [-0.4, -0.2) is 32.2 Å². The Morgan fingerprint density at radius 3 is 1.74 bits per heavy atom. The van der Waals surface area contributed by atoms with Crippen LogP contribution in [-0.2, 0) is 14.9 Å². The lowest BCUT2D eigenvalue weighted by Crippen LogP contribution is -2.32. The second-order valence-corrected chi connectivity index (χ2v) is 9.36. The summed E-state index contributed by atoms with van der Waals surface area (Å²) in [6, 6.07) is 34.6. The van der Waals surface area contributed by atoms with Crippen LogP contribution < -0.4 is 9.47 Å². The monoisotopic (exact) mass is 462 g/mol. The number of epoxide rings is 1. The highest BCUT2D eigenvalue weighted by molar-refractivity contribution is 5.86. The molecule has 2 unspecified atom stereocenters.